The van der Waals surface area contributed by atoms with E-state index < -0.39 is 0 Å². The van der Waals surface area contributed by atoms with Crippen LogP contribution in [0.2, 0.25) is 0 Å². The van der Waals surface area contributed by atoms with Crippen LogP contribution >= 0.6 is 11.3 Å². The molecule has 3 heterocycles. The van der Waals surface area contributed by atoms with Crippen molar-refractivity contribution in [1.82, 2.24) is 19.4 Å². The first-order valence-electron chi connectivity index (χ1n) is 11.8. The van der Waals surface area contributed by atoms with Gasteiger partial charge in [-0.05, 0) is 48.9 Å². The molecule has 2 aliphatic rings. The van der Waals surface area contributed by atoms with Crippen LogP contribution in [0.25, 0.3) is 10.2 Å². The van der Waals surface area contributed by atoms with Crippen LogP contribution in [0, 0.1) is 5.82 Å². The molecule has 1 aromatic carbocycles. The minimum Gasteiger partial charge on any atom is -0.383 e. The largest absolute Gasteiger partial charge is 0.383 e. The van der Waals surface area contributed by atoms with Crippen molar-refractivity contribution in [2.45, 2.75) is 38.3 Å². The lowest BCUT2D eigenvalue weighted by molar-refractivity contribution is 0.0707. The molecule has 0 saturated carbocycles. The van der Waals surface area contributed by atoms with Gasteiger partial charge in [0.25, 0.3) is 5.56 Å². The molecule has 33 heavy (non-hydrogen) atoms. The first-order valence-corrected chi connectivity index (χ1v) is 12.6. The molecular formula is C25H31FN4O2S. The Hall–Kier alpha value is -2.13. The van der Waals surface area contributed by atoms with Crippen LogP contribution < -0.4 is 5.56 Å². The minimum absolute atomic E-state index is 0.0600. The maximum Gasteiger partial charge on any atom is 0.262 e. The highest BCUT2D eigenvalue weighted by Crippen LogP contribution is 2.35. The Morgan fingerprint density at radius 3 is 2.70 bits per heavy atom. The number of hydrogen-bond donors (Lipinski definition) is 0. The van der Waals surface area contributed by atoms with E-state index in [1.54, 1.807) is 41.5 Å². The van der Waals surface area contributed by atoms with Gasteiger partial charge in [-0.3, -0.25) is 19.2 Å². The van der Waals surface area contributed by atoms with Crippen LogP contribution in [0.4, 0.5) is 4.39 Å². The standard InChI is InChI=1S/C25H31FN4O2S/c1-32-15-14-28-10-12-29(13-11-28)20-6-7-21-22(16-20)33-24-23(21)25(31)30(17-27-24)9-8-18-2-4-19(26)5-3-18/h2-5,17,20H,6-16H2,1H3. The Morgan fingerprint density at radius 2 is 1.94 bits per heavy atom. The highest BCUT2D eigenvalue weighted by molar-refractivity contribution is 7.18. The molecule has 3 aromatic rings. The number of benzene rings is 1. The molecule has 0 amide bonds. The van der Waals surface area contributed by atoms with E-state index in [1.165, 1.54) is 22.6 Å². The summed E-state index contributed by atoms with van der Waals surface area (Å²) in [4.78, 5) is 25.2. The number of rotatable bonds is 7. The quantitative estimate of drug-likeness (QED) is 0.532. The lowest BCUT2D eigenvalue weighted by Crippen LogP contribution is -2.52. The summed E-state index contributed by atoms with van der Waals surface area (Å²) in [5.41, 5.74) is 2.30. The van der Waals surface area contributed by atoms with Gasteiger partial charge in [0.05, 0.1) is 18.3 Å². The Kier molecular flexibility index (Phi) is 6.87. The number of methoxy groups -OCH3 is 1. The van der Waals surface area contributed by atoms with Crippen LogP contribution in [0.1, 0.15) is 22.4 Å². The fourth-order valence-electron chi connectivity index (χ4n) is 5.13. The number of nitrogens with zero attached hydrogens (tertiary/aromatic N) is 4. The maximum atomic E-state index is 13.3. The Balaban J connectivity index is 1.28. The van der Waals surface area contributed by atoms with Crippen LogP contribution in [0.15, 0.2) is 35.4 Å². The summed E-state index contributed by atoms with van der Waals surface area (Å²) < 4.78 is 20.1. The Labute approximate surface area is 197 Å². The lowest BCUT2D eigenvalue weighted by atomic mass is 9.91. The second-order valence-corrected chi connectivity index (χ2v) is 10.2. The third-order valence-electron chi connectivity index (χ3n) is 7.10. The van der Waals surface area contributed by atoms with Crippen molar-refractivity contribution < 1.29 is 9.13 Å². The molecule has 176 valence electrons. The first-order chi connectivity index (χ1) is 16.1. The zero-order chi connectivity index (χ0) is 22.8. The van der Waals surface area contributed by atoms with E-state index in [1.807, 2.05) is 0 Å². The maximum absolute atomic E-state index is 13.3. The molecule has 2 aromatic heterocycles. The number of ether oxygens (including phenoxy) is 1. The van der Waals surface area contributed by atoms with Gasteiger partial charge in [-0.25, -0.2) is 9.37 Å². The third-order valence-corrected chi connectivity index (χ3v) is 8.26. The molecule has 1 aliphatic heterocycles. The predicted molar refractivity (Wildman–Crippen MR) is 130 cm³/mol. The molecule has 1 aliphatic carbocycles. The molecule has 0 N–H and O–H groups in total. The van der Waals surface area contributed by atoms with Gasteiger partial charge < -0.3 is 4.74 Å². The average Bonchev–Trinajstić information content (AvgIpc) is 3.22. The topological polar surface area (TPSA) is 50.6 Å². The van der Waals surface area contributed by atoms with Gasteiger partial charge in [0, 0.05) is 57.3 Å². The number of thiophene rings is 1. The monoisotopic (exact) mass is 470 g/mol. The Morgan fingerprint density at radius 1 is 1.15 bits per heavy atom. The SMILES string of the molecule is COCCN1CCN(C2CCc3c(sc4ncn(CCc5ccc(F)cc5)c(=O)c34)C2)CC1. The van der Waals surface area contributed by atoms with E-state index in [0.717, 1.165) is 74.4 Å². The van der Waals surface area contributed by atoms with Gasteiger partial charge in [0.2, 0.25) is 0 Å². The van der Waals surface area contributed by atoms with E-state index >= 15 is 0 Å². The van der Waals surface area contributed by atoms with E-state index in [2.05, 4.69) is 14.8 Å². The minimum atomic E-state index is -0.241. The molecule has 1 unspecified atom stereocenters. The second kappa shape index (κ2) is 10.0. The Bertz CT molecular complexity index is 1150. The van der Waals surface area contributed by atoms with Crippen molar-refractivity contribution in [1.29, 1.82) is 0 Å². The molecule has 0 radical (unpaired) electrons. The molecule has 1 saturated heterocycles. The molecule has 1 fully saturated rings. The van der Waals surface area contributed by atoms with Crippen LogP contribution in [0.3, 0.4) is 0 Å². The molecule has 5 rings (SSSR count). The number of aromatic nitrogens is 2. The third kappa shape index (κ3) is 4.89. The molecule has 1 atom stereocenters. The van der Waals surface area contributed by atoms with E-state index in [4.69, 9.17) is 4.74 Å². The fraction of sp³-hybridized carbons (Fsp3) is 0.520. The number of fused-ring (bicyclic) bond motifs is 3. The van der Waals surface area contributed by atoms with Crippen molar-refractivity contribution in [2.24, 2.45) is 0 Å². The zero-order valence-corrected chi connectivity index (χ0v) is 20.0. The van der Waals surface area contributed by atoms with E-state index in [0.29, 0.717) is 19.0 Å². The normalized spacial score (nSPS) is 19.8. The van der Waals surface area contributed by atoms with Gasteiger partial charge in [-0.2, -0.15) is 0 Å². The van der Waals surface area contributed by atoms with Crippen LogP contribution in [-0.4, -0.2) is 71.8 Å². The van der Waals surface area contributed by atoms with Crippen molar-refractivity contribution in [3.8, 4) is 0 Å². The zero-order valence-electron chi connectivity index (χ0n) is 19.1. The molecule has 8 heteroatoms. The summed E-state index contributed by atoms with van der Waals surface area (Å²) in [6.07, 6.45) is 5.41. The van der Waals surface area contributed by atoms with Gasteiger partial charge >= 0.3 is 0 Å². The first kappa shape index (κ1) is 22.7. The van der Waals surface area contributed by atoms with Gasteiger partial charge in [0.15, 0.2) is 0 Å². The van der Waals surface area contributed by atoms with Crippen molar-refractivity contribution >= 4 is 21.6 Å². The van der Waals surface area contributed by atoms with E-state index in [-0.39, 0.29) is 11.4 Å². The number of halogens is 1. The summed E-state index contributed by atoms with van der Waals surface area (Å²) in [7, 11) is 1.76. The summed E-state index contributed by atoms with van der Waals surface area (Å²) in [5, 5.41) is 0.819. The van der Waals surface area contributed by atoms with Crippen molar-refractivity contribution in [3.05, 3.63) is 62.8 Å². The average molecular weight is 471 g/mol. The molecular weight excluding hydrogens is 439 g/mol. The number of piperazine rings is 1. The van der Waals surface area contributed by atoms with Gasteiger partial charge in [-0.1, -0.05) is 12.1 Å². The summed E-state index contributed by atoms with van der Waals surface area (Å²) >= 11 is 1.70. The smallest absolute Gasteiger partial charge is 0.262 e. The molecule has 0 spiro atoms. The molecule has 0 bridgehead atoms. The summed E-state index contributed by atoms with van der Waals surface area (Å²) in [6.45, 7) is 6.75. The second-order valence-electron chi connectivity index (χ2n) is 9.07. The molecule has 6 nitrogen and oxygen atoms in total. The fourth-order valence-corrected chi connectivity index (χ4v) is 6.38. The van der Waals surface area contributed by atoms with Crippen molar-refractivity contribution in [3.63, 3.8) is 0 Å². The van der Waals surface area contributed by atoms with Crippen LogP contribution in [0.5, 0.6) is 0 Å². The number of hydrogen-bond acceptors (Lipinski definition) is 6. The van der Waals surface area contributed by atoms with Crippen LogP contribution in [-0.2, 0) is 30.5 Å². The van der Waals surface area contributed by atoms with Gasteiger partial charge in [-0.15, -0.1) is 11.3 Å². The highest BCUT2D eigenvalue weighted by atomic mass is 32.1. The predicted octanol–water partition coefficient (Wildman–Crippen LogP) is 2.96. The summed E-state index contributed by atoms with van der Waals surface area (Å²) in [5.74, 6) is -0.241. The summed E-state index contributed by atoms with van der Waals surface area (Å²) in [6, 6.07) is 7.03. The number of aryl methyl sites for hydroxylation is 3. The van der Waals surface area contributed by atoms with E-state index in [9.17, 15) is 9.18 Å². The van der Waals surface area contributed by atoms with Gasteiger partial charge in [0.1, 0.15) is 10.6 Å². The highest BCUT2D eigenvalue weighted by Gasteiger charge is 2.30. The lowest BCUT2D eigenvalue weighted by Gasteiger charge is -2.40. The van der Waals surface area contributed by atoms with Crippen molar-refractivity contribution in [2.75, 3.05) is 46.4 Å².